The van der Waals surface area contributed by atoms with Gasteiger partial charge in [0.05, 0.1) is 11.5 Å². The Hall–Kier alpha value is -3.46. The summed E-state index contributed by atoms with van der Waals surface area (Å²) in [4.78, 5) is 45.0. The second-order valence-electron chi connectivity index (χ2n) is 7.64. The van der Waals surface area contributed by atoms with Gasteiger partial charge in [0.25, 0.3) is 5.56 Å². The molecule has 2 amide bonds. The van der Waals surface area contributed by atoms with Crippen LogP contribution in [0.1, 0.15) is 34.6 Å². The van der Waals surface area contributed by atoms with Crippen LogP contribution < -0.4 is 16.2 Å². The first-order chi connectivity index (χ1) is 15.3. The number of H-pyrrole nitrogens is 1. The van der Waals surface area contributed by atoms with Crippen molar-refractivity contribution in [3.63, 3.8) is 0 Å². The van der Waals surface area contributed by atoms with Crippen LogP contribution in [0.25, 0.3) is 0 Å². The third-order valence-electron chi connectivity index (χ3n) is 5.31. The van der Waals surface area contributed by atoms with E-state index in [2.05, 4.69) is 20.6 Å². The van der Waals surface area contributed by atoms with Crippen LogP contribution in [0.2, 0.25) is 0 Å². The molecule has 2 aromatic carbocycles. The summed E-state index contributed by atoms with van der Waals surface area (Å²) in [6.45, 7) is 3.91. The van der Waals surface area contributed by atoms with Gasteiger partial charge in [-0.25, -0.2) is 9.37 Å². The normalized spacial score (nSPS) is 15.1. The first kappa shape index (κ1) is 21.8. The van der Waals surface area contributed by atoms with Crippen LogP contribution in [0.3, 0.4) is 0 Å². The number of aromatic nitrogens is 2. The van der Waals surface area contributed by atoms with Crippen LogP contribution in [-0.4, -0.2) is 21.8 Å². The Balaban J connectivity index is 1.56. The molecule has 2 heterocycles. The maximum absolute atomic E-state index is 13.1. The topological polar surface area (TPSA) is 104 Å². The van der Waals surface area contributed by atoms with Gasteiger partial charge in [0.1, 0.15) is 11.6 Å². The SMILES string of the molecule is Cc1ccc(NC(=O)[C@H]2CC(=O)Nc3nc(SCc4ccc(F)cc4)[nH]c(=O)c32)cc1C. The average molecular weight is 453 g/mol. The number of amides is 2. The summed E-state index contributed by atoms with van der Waals surface area (Å²) in [7, 11) is 0. The number of carbonyl (C=O) groups excluding carboxylic acids is 2. The van der Waals surface area contributed by atoms with Crippen molar-refractivity contribution in [2.24, 2.45) is 0 Å². The van der Waals surface area contributed by atoms with Crippen LogP contribution in [-0.2, 0) is 15.3 Å². The van der Waals surface area contributed by atoms with Crippen molar-refractivity contribution in [3.8, 4) is 0 Å². The number of fused-ring (bicyclic) bond motifs is 1. The molecule has 32 heavy (non-hydrogen) atoms. The Labute approximate surface area is 187 Å². The number of aryl methyl sites for hydroxylation is 2. The minimum absolute atomic E-state index is 0.0897. The molecule has 3 aromatic rings. The number of anilines is 2. The first-order valence-electron chi connectivity index (χ1n) is 9.99. The van der Waals surface area contributed by atoms with Gasteiger partial charge >= 0.3 is 0 Å². The van der Waals surface area contributed by atoms with Crippen molar-refractivity contribution < 1.29 is 14.0 Å². The highest BCUT2D eigenvalue weighted by Gasteiger charge is 2.34. The van der Waals surface area contributed by atoms with Gasteiger partial charge < -0.3 is 15.6 Å². The molecule has 1 aliphatic rings. The zero-order valence-electron chi connectivity index (χ0n) is 17.5. The molecule has 0 spiro atoms. The second-order valence-corrected chi connectivity index (χ2v) is 8.61. The lowest BCUT2D eigenvalue weighted by atomic mass is 9.92. The number of carbonyl (C=O) groups is 2. The maximum Gasteiger partial charge on any atom is 0.257 e. The van der Waals surface area contributed by atoms with E-state index in [1.54, 1.807) is 18.2 Å². The number of nitrogens with one attached hydrogen (secondary N) is 3. The van der Waals surface area contributed by atoms with Crippen LogP contribution in [0.5, 0.6) is 0 Å². The molecular formula is C23H21FN4O3S. The minimum atomic E-state index is -0.951. The summed E-state index contributed by atoms with van der Waals surface area (Å²) in [6.07, 6.45) is -0.142. The van der Waals surface area contributed by atoms with Gasteiger partial charge in [-0.3, -0.25) is 14.4 Å². The fraction of sp³-hybridized carbons (Fsp3) is 0.217. The molecule has 1 aliphatic heterocycles. The summed E-state index contributed by atoms with van der Waals surface area (Å²) in [5.41, 5.74) is 3.23. The number of rotatable bonds is 5. The highest BCUT2D eigenvalue weighted by Crippen LogP contribution is 2.31. The van der Waals surface area contributed by atoms with Gasteiger partial charge in [-0.15, -0.1) is 0 Å². The predicted octanol–water partition coefficient (Wildman–Crippen LogP) is 3.88. The molecule has 3 N–H and O–H groups in total. The standard InChI is InChI=1S/C23H21FN4O3S/c1-12-3-8-16(9-13(12)2)25-21(30)17-10-18(29)26-20-19(17)22(31)28-23(27-20)32-11-14-4-6-15(24)7-5-14/h3-9,17H,10-11H2,1-2H3,(H,25,30)(H2,26,27,28,29,31)/t17-/m0/s1. The Bertz CT molecular complexity index is 1260. The Morgan fingerprint density at radius 3 is 2.62 bits per heavy atom. The first-order valence-corrected chi connectivity index (χ1v) is 11.0. The fourth-order valence-corrected chi connectivity index (χ4v) is 4.24. The van der Waals surface area contributed by atoms with E-state index in [4.69, 9.17) is 0 Å². The number of hydrogen-bond donors (Lipinski definition) is 3. The zero-order valence-corrected chi connectivity index (χ0v) is 18.3. The molecule has 0 aliphatic carbocycles. The molecule has 0 radical (unpaired) electrons. The maximum atomic E-state index is 13.1. The molecule has 4 rings (SSSR count). The number of aromatic amines is 1. The molecule has 1 aromatic heterocycles. The van der Waals surface area contributed by atoms with Crippen LogP contribution in [0.4, 0.5) is 15.9 Å². The Morgan fingerprint density at radius 1 is 1.16 bits per heavy atom. The highest BCUT2D eigenvalue weighted by atomic mass is 32.2. The molecule has 0 saturated carbocycles. The lowest BCUT2D eigenvalue weighted by Crippen LogP contribution is -2.36. The number of nitrogens with zero attached hydrogens (tertiary/aromatic N) is 1. The molecule has 7 nitrogen and oxygen atoms in total. The van der Waals surface area contributed by atoms with E-state index in [9.17, 15) is 18.8 Å². The van der Waals surface area contributed by atoms with E-state index < -0.39 is 17.4 Å². The number of benzene rings is 2. The molecule has 1 atom stereocenters. The lowest BCUT2D eigenvalue weighted by Gasteiger charge is -2.23. The van der Waals surface area contributed by atoms with E-state index >= 15 is 0 Å². The van der Waals surface area contributed by atoms with Crippen LogP contribution >= 0.6 is 11.8 Å². The van der Waals surface area contributed by atoms with Crippen molar-refractivity contribution in [1.82, 2.24) is 9.97 Å². The molecule has 0 bridgehead atoms. The molecule has 9 heteroatoms. The average Bonchev–Trinajstić information content (AvgIpc) is 2.75. The minimum Gasteiger partial charge on any atom is -0.326 e. The summed E-state index contributed by atoms with van der Waals surface area (Å²) in [5, 5.41) is 5.70. The second kappa shape index (κ2) is 8.96. The fourth-order valence-electron chi connectivity index (χ4n) is 3.42. The third kappa shape index (κ3) is 4.72. The predicted molar refractivity (Wildman–Crippen MR) is 121 cm³/mol. The van der Waals surface area contributed by atoms with Gasteiger partial charge in [-0.1, -0.05) is 30.0 Å². The van der Waals surface area contributed by atoms with Crippen molar-refractivity contribution in [2.75, 3.05) is 10.6 Å². The third-order valence-corrected chi connectivity index (χ3v) is 6.25. The van der Waals surface area contributed by atoms with Gasteiger partial charge in [0, 0.05) is 17.9 Å². The number of hydrogen-bond acceptors (Lipinski definition) is 5. The largest absolute Gasteiger partial charge is 0.326 e. The van der Waals surface area contributed by atoms with E-state index in [0.717, 1.165) is 16.7 Å². The van der Waals surface area contributed by atoms with Gasteiger partial charge in [0.2, 0.25) is 11.8 Å². The van der Waals surface area contributed by atoms with Gasteiger partial charge in [-0.2, -0.15) is 0 Å². The highest BCUT2D eigenvalue weighted by molar-refractivity contribution is 7.98. The van der Waals surface area contributed by atoms with E-state index in [1.807, 2.05) is 26.0 Å². The van der Waals surface area contributed by atoms with E-state index in [1.165, 1.54) is 23.9 Å². The summed E-state index contributed by atoms with van der Waals surface area (Å²) in [6, 6.07) is 11.5. The van der Waals surface area contributed by atoms with Crippen molar-refractivity contribution in [3.05, 3.63) is 80.9 Å². The lowest BCUT2D eigenvalue weighted by molar-refractivity contribution is -0.123. The van der Waals surface area contributed by atoms with Crippen LogP contribution in [0, 0.1) is 19.7 Å². The van der Waals surface area contributed by atoms with Crippen molar-refractivity contribution in [1.29, 1.82) is 0 Å². The summed E-state index contributed by atoms with van der Waals surface area (Å²) in [5.74, 6) is -1.56. The smallest absolute Gasteiger partial charge is 0.257 e. The van der Waals surface area contributed by atoms with Gasteiger partial charge in [-0.05, 0) is 54.8 Å². The summed E-state index contributed by atoms with van der Waals surface area (Å²) >= 11 is 1.24. The molecular weight excluding hydrogens is 431 g/mol. The molecule has 164 valence electrons. The van der Waals surface area contributed by atoms with E-state index in [-0.39, 0.29) is 29.5 Å². The van der Waals surface area contributed by atoms with Crippen molar-refractivity contribution >= 4 is 35.1 Å². The Morgan fingerprint density at radius 2 is 1.91 bits per heavy atom. The van der Waals surface area contributed by atoms with E-state index in [0.29, 0.717) is 16.6 Å². The zero-order chi connectivity index (χ0) is 22.8. The Kier molecular flexibility index (Phi) is 6.09. The molecule has 0 unspecified atom stereocenters. The van der Waals surface area contributed by atoms with Crippen molar-refractivity contribution in [2.45, 2.75) is 37.1 Å². The summed E-state index contributed by atoms with van der Waals surface area (Å²) < 4.78 is 13.1. The van der Waals surface area contributed by atoms with Crippen LogP contribution in [0.15, 0.2) is 52.4 Å². The molecule has 0 fully saturated rings. The monoisotopic (exact) mass is 452 g/mol. The van der Waals surface area contributed by atoms with Gasteiger partial charge in [0.15, 0.2) is 5.16 Å². The quantitative estimate of drug-likeness (QED) is 0.403. The molecule has 0 saturated heterocycles. The number of thioether (sulfide) groups is 1. The number of halogens is 1.